The molecule has 0 unspecified atom stereocenters. The quantitative estimate of drug-likeness (QED) is 0.545. The van der Waals surface area contributed by atoms with E-state index in [1.54, 1.807) is 24.8 Å². The third-order valence-electron chi connectivity index (χ3n) is 6.04. The van der Waals surface area contributed by atoms with E-state index in [2.05, 4.69) is 21.9 Å². The summed E-state index contributed by atoms with van der Waals surface area (Å²) in [6.07, 6.45) is 4.87. The zero-order valence-corrected chi connectivity index (χ0v) is 22.6. The van der Waals surface area contributed by atoms with E-state index in [9.17, 15) is 21.6 Å². The number of carbonyl (C=O) groups is 1. The van der Waals surface area contributed by atoms with Gasteiger partial charge in [0.25, 0.3) is 10.1 Å². The van der Waals surface area contributed by atoms with E-state index in [-0.39, 0.29) is 5.92 Å². The first-order valence-electron chi connectivity index (χ1n) is 11.4. The molecule has 2 aliphatic rings. The van der Waals surface area contributed by atoms with Crippen LogP contribution in [0.25, 0.3) is 0 Å². The van der Waals surface area contributed by atoms with E-state index in [1.807, 2.05) is 24.3 Å². The van der Waals surface area contributed by atoms with Crippen LogP contribution in [0.3, 0.4) is 0 Å². The van der Waals surface area contributed by atoms with E-state index < -0.39 is 20.0 Å². The smallest absolute Gasteiger partial charge is 0.261 e. The van der Waals surface area contributed by atoms with Gasteiger partial charge in [0.1, 0.15) is 5.78 Å². The molecule has 1 saturated heterocycles. The van der Waals surface area contributed by atoms with Crippen LogP contribution in [0.15, 0.2) is 57.2 Å². The van der Waals surface area contributed by atoms with Gasteiger partial charge in [-0.05, 0) is 76.2 Å². The lowest BCUT2D eigenvalue weighted by Crippen LogP contribution is -2.37. The maximum absolute atomic E-state index is 12.1. The van der Waals surface area contributed by atoms with Gasteiger partial charge in [-0.15, -0.1) is 0 Å². The summed E-state index contributed by atoms with van der Waals surface area (Å²) in [4.78, 5) is 18.9. The van der Waals surface area contributed by atoms with Crippen molar-refractivity contribution in [3.8, 4) is 0 Å². The molecule has 0 saturated carbocycles. The van der Waals surface area contributed by atoms with Gasteiger partial charge in [0.15, 0.2) is 9.84 Å². The third-order valence-corrected chi connectivity index (χ3v) is 8.28. The lowest BCUT2D eigenvalue weighted by molar-refractivity contribution is -0.122. The Morgan fingerprint density at radius 3 is 2.17 bits per heavy atom. The second-order valence-electron chi connectivity index (χ2n) is 8.94. The zero-order chi connectivity index (χ0) is 25.8. The Balaban J connectivity index is 0.000000623. The maximum Gasteiger partial charge on any atom is 0.261 e. The summed E-state index contributed by atoms with van der Waals surface area (Å²) in [6.45, 7) is 5.47. The van der Waals surface area contributed by atoms with Crippen LogP contribution in [-0.2, 0) is 24.7 Å². The number of likely N-dealkylation sites (tertiary alicyclic amines) is 1. The van der Waals surface area contributed by atoms with Crippen LogP contribution >= 0.6 is 11.8 Å². The lowest BCUT2D eigenvalue weighted by atomic mass is 9.93. The number of carbonyl (C=O) groups excluding carboxylic acids is 1. The van der Waals surface area contributed by atoms with Crippen LogP contribution in [0, 0.1) is 5.92 Å². The molecule has 0 bridgehead atoms. The molecule has 0 aromatic heterocycles. The second-order valence-corrected chi connectivity index (χ2v) is 13.5. The van der Waals surface area contributed by atoms with E-state index in [1.165, 1.54) is 11.2 Å². The van der Waals surface area contributed by atoms with Crippen LogP contribution in [-0.4, -0.2) is 70.8 Å². The predicted molar refractivity (Wildman–Crippen MR) is 139 cm³/mol. The summed E-state index contributed by atoms with van der Waals surface area (Å²) in [5, 5.41) is 0. The molecule has 4 rings (SSSR count). The Bertz CT molecular complexity index is 1260. The van der Waals surface area contributed by atoms with Gasteiger partial charge in [-0.1, -0.05) is 23.9 Å². The van der Waals surface area contributed by atoms with E-state index in [0.717, 1.165) is 61.7 Å². The van der Waals surface area contributed by atoms with Crippen molar-refractivity contribution in [3.63, 3.8) is 0 Å². The zero-order valence-electron chi connectivity index (χ0n) is 20.2. The Kier molecular flexibility index (Phi) is 9.03. The number of hydrogen-bond donors (Lipinski definition) is 1. The Morgan fingerprint density at radius 1 is 0.971 bits per heavy atom. The summed E-state index contributed by atoms with van der Waals surface area (Å²) in [7, 11) is -6.93. The number of ketones is 1. The molecule has 0 atom stereocenters. The van der Waals surface area contributed by atoms with Crippen molar-refractivity contribution in [3.05, 3.63) is 42.5 Å². The molecule has 0 radical (unpaired) electrons. The summed E-state index contributed by atoms with van der Waals surface area (Å²) in [5.74, 6) is 0.545. The maximum atomic E-state index is 12.1. The van der Waals surface area contributed by atoms with Gasteiger partial charge in [0.2, 0.25) is 0 Å². The average Bonchev–Trinajstić information content (AvgIpc) is 2.77. The number of para-hydroxylation sites is 1. The first-order valence-corrected chi connectivity index (χ1v) is 15.9. The molecule has 192 valence electrons. The SMILES string of the molecule is CC(=O)C1CCN(CCCN2c3ccccc3Sc3ccc(S(C)(=O)=O)cc32)CC1.CS(=O)(=O)O. The highest BCUT2D eigenvalue weighted by molar-refractivity contribution is 7.99. The average molecular weight is 541 g/mol. The van der Waals surface area contributed by atoms with Gasteiger partial charge in [-0.3, -0.25) is 9.35 Å². The van der Waals surface area contributed by atoms with Crippen LogP contribution in [0.2, 0.25) is 0 Å². The van der Waals surface area contributed by atoms with E-state index >= 15 is 0 Å². The fraction of sp³-hybridized carbons (Fsp3) is 0.458. The molecule has 0 aliphatic carbocycles. The number of piperidine rings is 1. The summed E-state index contributed by atoms with van der Waals surface area (Å²) < 4.78 is 50.1. The molecule has 8 nitrogen and oxygen atoms in total. The van der Waals surface area contributed by atoms with Gasteiger partial charge in [-0.25, -0.2) is 8.42 Å². The summed E-state index contributed by atoms with van der Waals surface area (Å²) in [5.41, 5.74) is 2.10. The first kappa shape index (κ1) is 27.7. The van der Waals surface area contributed by atoms with Crippen molar-refractivity contribution in [1.82, 2.24) is 4.90 Å². The topological polar surface area (TPSA) is 112 Å². The Labute approximate surface area is 212 Å². The van der Waals surface area contributed by atoms with E-state index in [4.69, 9.17) is 4.55 Å². The normalized spacial score (nSPS) is 16.6. The largest absolute Gasteiger partial charge is 0.340 e. The van der Waals surface area contributed by atoms with Crippen molar-refractivity contribution in [2.75, 3.05) is 43.6 Å². The van der Waals surface area contributed by atoms with Gasteiger partial charge < -0.3 is 9.80 Å². The Hall–Kier alpha value is -1.92. The first-order chi connectivity index (χ1) is 16.3. The molecule has 1 N–H and O–H groups in total. The number of nitrogens with zero attached hydrogens (tertiary/aromatic N) is 2. The van der Waals surface area contributed by atoms with Gasteiger partial charge >= 0.3 is 0 Å². The molecule has 11 heteroatoms. The number of Topliss-reactive ketones (excluding diaryl/α,β-unsaturated/α-hetero) is 1. The summed E-state index contributed by atoms with van der Waals surface area (Å²) in [6, 6.07) is 13.7. The number of benzene rings is 2. The minimum absolute atomic E-state index is 0.230. The minimum atomic E-state index is -3.67. The highest BCUT2D eigenvalue weighted by atomic mass is 32.2. The van der Waals surface area contributed by atoms with Crippen molar-refractivity contribution in [1.29, 1.82) is 0 Å². The van der Waals surface area contributed by atoms with Gasteiger partial charge in [0, 0.05) is 28.5 Å². The second kappa shape index (κ2) is 11.4. The number of sulfone groups is 1. The van der Waals surface area contributed by atoms with Gasteiger partial charge in [0.05, 0.1) is 22.5 Å². The summed E-state index contributed by atoms with van der Waals surface area (Å²) >= 11 is 1.69. The molecular weight excluding hydrogens is 508 g/mol. The minimum Gasteiger partial charge on any atom is -0.340 e. The monoisotopic (exact) mass is 540 g/mol. The predicted octanol–water partition coefficient (Wildman–Crippen LogP) is 3.89. The molecule has 35 heavy (non-hydrogen) atoms. The number of hydrogen-bond acceptors (Lipinski definition) is 8. The lowest BCUT2D eigenvalue weighted by Gasteiger charge is -2.35. The van der Waals surface area contributed by atoms with Gasteiger partial charge in [-0.2, -0.15) is 8.42 Å². The molecule has 0 amide bonds. The third kappa shape index (κ3) is 8.04. The van der Waals surface area contributed by atoms with Crippen LogP contribution in [0.1, 0.15) is 26.2 Å². The fourth-order valence-corrected chi connectivity index (χ4v) is 6.01. The molecule has 0 spiro atoms. The highest BCUT2D eigenvalue weighted by Crippen LogP contribution is 2.48. The van der Waals surface area contributed by atoms with Crippen molar-refractivity contribution in [2.24, 2.45) is 5.92 Å². The molecule has 2 aromatic rings. The van der Waals surface area contributed by atoms with Crippen molar-refractivity contribution < 1.29 is 26.2 Å². The van der Waals surface area contributed by atoms with Crippen LogP contribution in [0.5, 0.6) is 0 Å². The molecule has 1 fully saturated rings. The Morgan fingerprint density at radius 2 is 1.57 bits per heavy atom. The fourth-order valence-electron chi connectivity index (χ4n) is 4.30. The van der Waals surface area contributed by atoms with Crippen molar-refractivity contribution >= 4 is 48.9 Å². The molecule has 2 aliphatic heterocycles. The van der Waals surface area contributed by atoms with E-state index in [0.29, 0.717) is 16.9 Å². The molecule has 2 aromatic carbocycles. The number of fused-ring (bicyclic) bond motifs is 2. The van der Waals surface area contributed by atoms with Crippen LogP contribution < -0.4 is 4.90 Å². The molecule has 2 heterocycles. The van der Waals surface area contributed by atoms with Crippen LogP contribution in [0.4, 0.5) is 11.4 Å². The van der Waals surface area contributed by atoms with Crippen molar-refractivity contribution in [2.45, 2.75) is 40.9 Å². The highest BCUT2D eigenvalue weighted by Gasteiger charge is 2.26. The standard InChI is InChI=1S/C23H28N2O3S2.CH4O3S/c1-17(26)18-10-14-24(15-11-18)12-5-13-25-20-6-3-4-7-22(20)29-23-9-8-19(16-21(23)25)30(2,27)28;1-5(2,3)4/h3-4,6-9,16,18H,5,10-15H2,1-2H3;1H3,(H,2,3,4). The number of anilines is 2. The number of rotatable bonds is 6. The molecular formula is C24H32N2O6S3.